The fraction of sp³-hybridized carbons (Fsp3) is 1.00. The lowest BCUT2D eigenvalue weighted by Gasteiger charge is -2.21. The molecule has 0 radical (unpaired) electrons. The first-order chi connectivity index (χ1) is 20.4. The van der Waals surface area contributed by atoms with Gasteiger partial charge in [0.1, 0.15) is 0 Å². The monoisotopic (exact) mass is 617 g/mol. The van der Waals surface area contributed by atoms with E-state index in [1.807, 2.05) is 7.05 Å². The third kappa shape index (κ3) is 26.4. The Bertz CT molecular complexity index is 477. The number of piperidine rings is 2. The van der Waals surface area contributed by atoms with Crippen LogP contribution in [-0.2, 0) is 9.47 Å². The third-order valence-electron chi connectivity index (χ3n) is 8.39. The second-order valence-corrected chi connectivity index (χ2v) is 14.1. The molecule has 6 fully saturated rings. The lowest BCUT2D eigenvalue weighted by Crippen LogP contribution is -2.32. The molecule has 0 unspecified atom stereocenters. The van der Waals surface area contributed by atoms with Crippen molar-refractivity contribution in [2.45, 2.75) is 64.2 Å². The molecule has 0 aromatic rings. The zero-order valence-electron chi connectivity index (χ0n) is 29.0. The van der Waals surface area contributed by atoms with Crippen molar-refractivity contribution in [3.05, 3.63) is 0 Å². The summed E-state index contributed by atoms with van der Waals surface area (Å²) in [4.78, 5) is 14.0. The number of rotatable bonds is 0. The molecule has 0 amide bonds. The van der Waals surface area contributed by atoms with Crippen LogP contribution in [0, 0.1) is 0 Å². The first kappa shape index (κ1) is 40.1. The Hall–Kier alpha value is 0.0300. The SMILES string of the molecule is CN1CCCCC1.CN1CCCCC1.CN1CCCCCC1.CN1CCOC1.CN1CCOCC1.CN1CCSCC1. The van der Waals surface area contributed by atoms with Crippen molar-refractivity contribution in [2.75, 3.05) is 152 Å². The minimum Gasteiger partial charge on any atom is -0.379 e. The smallest absolute Gasteiger partial charge is 0.0989 e. The number of hydrogen-bond acceptors (Lipinski definition) is 9. The van der Waals surface area contributed by atoms with Gasteiger partial charge < -0.3 is 34.0 Å². The molecule has 6 saturated heterocycles. The summed E-state index contributed by atoms with van der Waals surface area (Å²) in [6, 6.07) is 0. The first-order valence-electron chi connectivity index (χ1n) is 17.2. The van der Waals surface area contributed by atoms with Crippen molar-refractivity contribution in [3.8, 4) is 0 Å². The quantitative estimate of drug-likeness (QED) is 0.398. The fourth-order valence-corrected chi connectivity index (χ4v) is 6.23. The summed E-state index contributed by atoms with van der Waals surface area (Å²) in [7, 11) is 12.9. The zero-order valence-corrected chi connectivity index (χ0v) is 29.8. The van der Waals surface area contributed by atoms with E-state index in [0.717, 1.165) is 46.2 Å². The Labute approximate surface area is 266 Å². The van der Waals surface area contributed by atoms with E-state index in [0.29, 0.717) is 0 Å². The Morgan fingerprint density at radius 3 is 0.881 bits per heavy atom. The van der Waals surface area contributed by atoms with Crippen molar-refractivity contribution in [3.63, 3.8) is 0 Å². The van der Waals surface area contributed by atoms with Gasteiger partial charge in [0, 0.05) is 44.2 Å². The van der Waals surface area contributed by atoms with E-state index in [1.54, 1.807) is 0 Å². The Balaban J connectivity index is 0.000000252. The normalized spacial score (nSPS) is 25.3. The first-order valence-corrected chi connectivity index (χ1v) is 18.4. The summed E-state index contributed by atoms with van der Waals surface area (Å²) in [5.41, 5.74) is 0. The van der Waals surface area contributed by atoms with Gasteiger partial charge in [0.25, 0.3) is 0 Å². The maximum atomic E-state index is 5.10. The van der Waals surface area contributed by atoms with Gasteiger partial charge >= 0.3 is 0 Å². The van der Waals surface area contributed by atoms with Gasteiger partial charge in [-0.1, -0.05) is 25.7 Å². The summed E-state index contributed by atoms with van der Waals surface area (Å²) in [5, 5.41) is 0. The highest BCUT2D eigenvalue weighted by Crippen LogP contribution is 2.07. The van der Waals surface area contributed by atoms with E-state index in [4.69, 9.17) is 9.47 Å². The molecule has 42 heavy (non-hydrogen) atoms. The van der Waals surface area contributed by atoms with Gasteiger partial charge in [-0.3, -0.25) is 4.90 Å². The largest absolute Gasteiger partial charge is 0.379 e. The van der Waals surface area contributed by atoms with E-state index in [9.17, 15) is 0 Å². The third-order valence-corrected chi connectivity index (χ3v) is 9.33. The van der Waals surface area contributed by atoms with E-state index in [2.05, 4.69) is 76.4 Å². The number of likely N-dealkylation sites (N-methyl/N-ethyl adjacent to an activating group) is 2. The molecule has 0 aromatic heterocycles. The lowest BCUT2D eigenvalue weighted by atomic mass is 10.1. The van der Waals surface area contributed by atoms with Gasteiger partial charge in [0.05, 0.1) is 26.6 Å². The van der Waals surface area contributed by atoms with Crippen LogP contribution in [0.1, 0.15) is 64.2 Å². The molecule has 0 spiro atoms. The van der Waals surface area contributed by atoms with Crippen LogP contribution in [-0.4, -0.2) is 182 Å². The zero-order chi connectivity index (χ0) is 30.7. The number of nitrogens with zero attached hydrogens (tertiary/aromatic N) is 6. The molecule has 6 aliphatic heterocycles. The van der Waals surface area contributed by atoms with Crippen LogP contribution in [0.2, 0.25) is 0 Å². The molecule has 0 atom stereocenters. The van der Waals surface area contributed by atoms with Crippen LogP contribution >= 0.6 is 11.8 Å². The molecule has 0 bridgehead atoms. The van der Waals surface area contributed by atoms with Crippen LogP contribution in [0.5, 0.6) is 0 Å². The topological polar surface area (TPSA) is 37.9 Å². The highest BCUT2D eigenvalue weighted by atomic mass is 32.2. The van der Waals surface area contributed by atoms with Crippen LogP contribution in [0.4, 0.5) is 0 Å². The summed E-state index contributed by atoms with van der Waals surface area (Å²) in [5.74, 6) is 2.66. The molecule has 8 nitrogen and oxygen atoms in total. The van der Waals surface area contributed by atoms with Crippen molar-refractivity contribution < 1.29 is 9.47 Å². The van der Waals surface area contributed by atoms with Crippen molar-refractivity contribution in [1.82, 2.24) is 29.4 Å². The van der Waals surface area contributed by atoms with E-state index < -0.39 is 0 Å². The molecular weight excluding hydrogens is 544 g/mol. The Kier molecular flexibility index (Phi) is 27.2. The molecule has 6 heterocycles. The summed E-state index contributed by atoms with van der Waals surface area (Å²) < 4.78 is 10.1. The van der Waals surface area contributed by atoms with Crippen LogP contribution in [0.3, 0.4) is 0 Å². The van der Waals surface area contributed by atoms with Crippen LogP contribution in [0.15, 0.2) is 0 Å². The maximum absolute atomic E-state index is 5.10. The molecule has 0 aromatic carbocycles. The molecule has 6 rings (SSSR count). The second kappa shape index (κ2) is 28.5. The average molecular weight is 617 g/mol. The summed E-state index contributed by atoms with van der Waals surface area (Å²) >= 11 is 2.06. The molecule has 0 aliphatic carbocycles. The molecule has 252 valence electrons. The minimum atomic E-state index is 0.819. The Morgan fingerprint density at radius 1 is 0.333 bits per heavy atom. The number of likely N-dealkylation sites (tertiary alicyclic amines) is 3. The molecule has 9 heteroatoms. The average Bonchev–Trinajstić information content (AvgIpc) is 3.36. The number of thioether (sulfide) groups is 1. The van der Waals surface area contributed by atoms with E-state index in [1.165, 1.54) is 128 Å². The highest BCUT2D eigenvalue weighted by Gasteiger charge is 2.05. The number of ether oxygens (including phenoxy) is 2. The van der Waals surface area contributed by atoms with Crippen molar-refractivity contribution in [2.24, 2.45) is 0 Å². The standard InChI is InChI=1S/C7H15N.2C6H13N.C5H11NO.C5H11NS.C4H9NO/c1-8-6-4-2-3-5-7-8;2*1-7-5-3-2-4-6-7;2*1-6-2-4-7-5-3-6;1-5-2-3-6-4-5/h2-7H2,1H3;2*2-6H2,1H3;2*2-5H2,1H3;2-4H2,1H3. The van der Waals surface area contributed by atoms with Crippen LogP contribution < -0.4 is 0 Å². The van der Waals surface area contributed by atoms with Gasteiger partial charge in [-0.05, 0) is 120 Å². The summed E-state index contributed by atoms with van der Waals surface area (Å²) in [6.45, 7) is 17.3. The number of morpholine rings is 1. The van der Waals surface area contributed by atoms with Gasteiger partial charge in [-0.25, -0.2) is 0 Å². The molecule has 6 aliphatic rings. The molecule has 0 saturated carbocycles. The molecular formula is C33H72N6O2S. The molecule has 0 N–H and O–H groups in total. The van der Waals surface area contributed by atoms with Crippen LogP contribution in [0.25, 0.3) is 0 Å². The minimum absolute atomic E-state index is 0.819. The van der Waals surface area contributed by atoms with E-state index >= 15 is 0 Å². The second-order valence-electron chi connectivity index (χ2n) is 12.9. The van der Waals surface area contributed by atoms with Gasteiger partial charge in [-0.15, -0.1) is 0 Å². The van der Waals surface area contributed by atoms with Crippen molar-refractivity contribution >= 4 is 11.8 Å². The van der Waals surface area contributed by atoms with E-state index in [-0.39, 0.29) is 0 Å². The van der Waals surface area contributed by atoms with Crippen molar-refractivity contribution in [1.29, 1.82) is 0 Å². The highest BCUT2D eigenvalue weighted by molar-refractivity contribution is 7.99. The lowest BCUT2D eigenvalue weighted by molar-refractivity contribution is 0.0503. The predicted molar refractivity (Wildman–Crippen MR) is 185 cm³/mol. The predicted octanol–water partition coefficient (Wildman–Crippen LogP) is 4.22. The maximum Gasteiger partial charge on any atom is 0.0989 e. The fourth-order valence-electron chi connectivity index (χ4n) is 5.15. The summed E-state index contributed by atoms with van der Waals surface area (Å²) in [6.07, 6.45) is 14.3. The number of hydrogen-bond donors (Lipinski definition) is 0. The van der Waals surface area contributed by atoms with Gasteiger partial charge in [-0.2, -0.15) is 11.8 Å². The van der Waals surface area contributed by atoms with Gasteiger partial charge in [0.2, 0.25) is 0 Å². The Morgan fingerprint density at radius 2 is 0.643 bits per heavy atom. The van der Waals surface area contributed by atoms with Gasteiger partial charge in [0.15, 0.2) is 0 Å².